The molecule has 2 rings (SSSR count). The molecule has 1 aliphatic rings. The molecule has 0 spiro atoms. The second-order valence-electron chi connectivity index (χ2n) is 5.32. The van der Waals surface area contributed by atoms with Gasteiger partial charge in [0.15, 0.2) is 0 Å². The van der Waals surface area contributed by atoms with Gasteiger partial charge in [0.2, 0.25) is 5.91 Å². The van der Waals surface area contributed by atoms with Crippen molar-refractivity contribution in [1.29, 1.82) is 0 Å². The fourth-order valence-corrected chi connectivity index (χ4v) is 3.03. The minimum Gasteiger partial charge on any atom is -0.322 e. The SMILES string of the molecule is CCC1NC(c2ccc(C)cc2)N(CCCSC)C1=O. The summed E-state index contributed by atoms with van der Waals surface area (Å²) in [5, 5.41) is 3.47. The number of nitrogens with zero attached hydrogens (tertiary/aromatic N) is 1. The van der Waals surface area contributed by atoms with E-state index in [9.17, 15) is 4.79 Å². The van der Waals surface area contributed by atoms with Gasteiger partial charge in [0, 0.05) is 6.54 Å². The van der Waals surface area contributed by atoms with Crippen molar-refractivity contribution in [2.24, 2.45) is 0 Å². The predicted molar refractivity (Wildman–Crippen MR) is 85.8 cm³/mol. The number of rotatable bonds is 6. The minimum atomic E-state index is -0.0319. The zero-order chi connectivity index (χ0) is 14.5. The van der Waals surface area contributed by atoms with Crippen molar-refractivity contribution in [2.45, 2.75) is 38.9 Å². The Kier molecular flexibility index (Phi) is 5.49. The van der Waals surface area contributed by atoms with Gasteiger partial charge in [0.25, 0.3) is 0 Å². The van der Waals surface area contributed by atoms with Crippen LogP contribution in [0.3, 0.4) is 0 Å². The van der Waals surface area contributed by atoms with Gasteiger partial charge in [-0.3, -0.25) is 10.1 Å². The number of carbonyl (C=O) groups excluding carboxylic acids is 1. The lowest BCUT2D eigenvalue weighted by Gasteiger charge is -2.24. The molecule has 2 atom stereocenters. The van der Waals surface area contributed by atoms with Crippen molar-refractivity contribution in [3.8, 4) is 0 Å². The fraction of sp³-hybridized carbons (Fsp3) is 0.562. The van der Waals surface area contributed by atoms with E-state index in [-0.39, 0.29) is 18.1 Å². The van der Waals surface area contributed by atoms with Gasteiger partial charge in [-0.25, -0.2) is 0 Å². The van der Waals surface area contributed by atoms with E-state index in [1.807, 2.05) is 16.7 Å². The number of amides is 1. The average molecular weight is 292 g/mol. The first kappa shape index (κ1) is 15.4. The van der Waals surface area contributed by atoms with Crippen LogP contribution in [0.1, 0.15) is 37.1 Å². The summed E-state index contributed by atoms with van der Waals surface area (Å²) in [7, 11) is 0. The Morgan fingerprint density at radius 2 is 2.00 bits per heavy atom. The molecule has 1 amide bonds. The molecule has 20 heavy (non-hydrogen) atoms. The monoisotopic (exact) mass is 292 g/mol. The topological polar surface area (TPSA) is 32.3 Å². The maximum absolute atomic E-state index is 12.4. The molecule has 1 aromatic carbocycles. The number of hydrogen-bond acceptors (Lipinski definition) is 3. The highest BCUT2D eigenvalue weighted by Crippen LogP contribution is 2.27. The predicted octanol–water partition coefficient (Wildman–Crippen LogP) is 2.96. The van der Waals surface area contributed by atoms with Gasteiger partial charge < -0.3 is 4.90 Å². The Labute approximate surface area is 126 Å². The Balaban J connectivity index is 2.15. The summed E-state index contributed by atoms with van der Waals surface area (Å²) in [5.74, 6) is 1.35. The molecule has 0 bridgehead atoms. The maximum Gasteiger partial charge on any atom is 0.241 e. The lowest BCUT2D eigenvalue weighted by atomic mass is 10.1. The van der Waals surface area contributed by atoms with E-state index < -0.39 is 0 Å². The molecule has 1 heterocycles. The van der Waals surface area contributed by atoms with E-state index in [0.717, 1.165) is 25.1 Å². The third kappa shape index (κ3) is 3.36. The third-order valence-electron chi connectivity index (χ3n) is 3.80. The number of carbonyl (C=O) groups is 1. The largest absolute Gasteiger partial charge is 0.322 e. The molecule has 0 radical (unpaired) electrons. The van der Waals surface area contributed by atoms with Crippen molar-refractivity contribution in [3.63, 3.8) is 0 Å². The van der Waals surface area contributed by atoms with E-state index in [1.54, 1.807) is 0 Å². The Morgan fingerprint density at radius 3 is 2.60 bits per heavy atom. The molecule has 1 aliphatic heterocycles. The molecule has 0 aromatic heterocycles. The molecule has 2 unspecified atom stereocenters. The number of benzene rings is 1. The highest BCUT2D eigenvalue weighted by Gasteiger charge is 2.37. The first-order valence-electron chi connectivity index (χ1n) is 7.29. The molecule has 110 valence electrons. The van der Waals surface area contributed by atoms with E-state index >= 15 is 0 Å². The van der Waals surface area contributed by atoms with Gasteiger partial charge in [0.1, 0.15) is 6.17 Å². The molecule has 1 N–H and O–H groups in total. The summed E-state index contributed by atoms with van der Waals surface area (Å²) in [4.78, 5) is 14.4. The van der Waals surface area contributed by atoms with Crippen LogP contribution < -0.4 is 5.32 Å². The normalized spacial score (nSPS) is 22.6. The van der Waals surface area contributed by atoms with Crippen LogP contribution in [0.5, 0.6) is 0 Å². The zero-order valence-electron chi connectivity index (χ0n) is 12.6. The minimum absolute atomic E-state index is 0.0319. The smallest absolute Gasteiger partial charge is 0.241 e. The zero-order valence-corrected chi connectivity index (χ0v) is 13.4. The standard InChI is InChI=1S/C16H24N2OS/c1-4-14-16(19)18(10-5-11-20-3)15(17-14)13-8-6-12(2)7-9-13/h6-9,14-15,17H,4-5,10-11H2,1-3H3. The summed E-state index contributed by atoms with van der Waals surface area (Å²) in [5.41, 5.74) is 2.43. The van der Waals surface area contributed by atoms with Crippen molar-refractivity contribution in [1.82, 2.24) is 10.2 Å². The van der Waals surface area contributed by atoms with Crippen molar-refractivity contribution in [3.05, 3.63) is 35.4 Å². The number of aryl methyl sites for hydroxylation is 1. The molecular weight excluding hydrogens is 268 g/mol. The quantitative estimate of drug-likeness (QED) is 0.818. The van der Waals surface area contributed by atoms with Gasteiger partial charge in [-0.1, -0.05) is 36.8 Å². The molecule has 3 nitrogen and oxygen atoms in total. The Bertz CT molecular complexity index is 446. The molecule has 0 saturated carbocycles. The summed E-state index contributed by atoms with van der Waals surface area (Å²) < 4.78 is 0. The van der Waals surface area contributed by atoms with E-state index in [2.05, 4.69) is 49.7 Å². The number of thioether (sulfide) groups is 1. The number of nitrogens with one attached hydrogen (secondary N) is 1. The Morgan fingerprint density at radius 1 is 1.30 bits per heavy atom. The summed E-state index contributed by atoms with van der Waals surface area (Å²) in [6.07, 6.45) is 4.04. The van der Waals surface area contributed by atoms with Crippen molar-refractivity contribution < 1.29 is 4.79 Å². The molecular formula is C16H24N2OS. The van der Waals surface area contributed by atoms with Crippen LogP contribution in [0.2, 0.25) is 0 Å². The molecule has 1 saturated heterocycles. The summed E-state index contributed by atoms with van der Waals surface area (Å²) >= 11 is 1.83. The van der Waals surface area contributed by atoms with Crippen LogP contribution in [-0.2, 0) is 4.79 Å². The van der Waals surface area contributed by atoms with Crippen LogP contribution in [0.15, 0.2) is 24.3 Å². The van der Waals surface area contributed by atoms with Crippen LogP contribution >= 0.6 is 11.8 Å². The summed E-state index contributed by atoms with van der Waals surface area (Å²) in [6.45, 7) is 4.98. The highest BCUT2D eigenvalue weighted by molar-refractivity contribution is 7.98. The Hall–Kier alpha value is -1.00. The van der Waals surface area contributed by atoms with Gasteiger partial charge >= 0.3 is 0 Å². The van der Waals surface area contributed by atoms with Gasteiger partial charge in [-0.2, -0.15) is 11.8 Å². The molecule has 1 aromatic rings. The van der Waals surface area contributed by atoms with Crippen molar-refractivity contribution in [2.75, 3.05) is 18.6 Å². The molecule has 1 fully saturated rings. The first-order chi connectivity index (χ1) is 9.67. The second-order valence-corrected chi connectivity index (χ2v) is 6.30. The van der Waals surface area contributed by atoms with Gasteiger partial charge in [0.05, 0.1) is 6.04 Å². The van der Waals surface area contributed by atoms with Gasteiger partial charge in [-0.15, -0.1) is 0 Å². The number of hydrogen-bond donors (Lipinski definition) is 1. The van der Waals surface area contributed by atoms with Crippen LogP contribution in [0, 0.1) is 6.92 Å². The van der Waals surface area contributed by atoms with E-state index in [0.29, 0.717) is 0 Å². The molecule has 0 aliphatic carbocycles. The second kappa shape index (κ2) is 7.14. The van der Waals surface area contributed by atoms with Crippen LogP contribution in [0.4, 0.5) is 0 Å². The van der Waals surface area contributed by atoms with Gasteiger partial charge in [-0.05, 0) is 37.3 Å². The van der Waals surface area contributed by atoms with E-state index in [1.165, 1.54) is 11.1 Å². The lowest BCUT2D eigenvalue weighted by Crippen LogP contribution is -2.32. The van der Waals surface area contributed by atoms with Crippen LogP contribution in [0.25, 0.3) is 0 Å². The third-order valence-corrected chi connectivity index (χ3v) is 4.50. The lowest BCUT2D eigenvalue weighted by molar-refractivity contribution is -0.130. The fourth-order valence-electron chi connectivity index (χ4n) is 2.62. The van der Waals surface area contributed by atoms with Crippen LogP contribution in [-0.4, -0.2) is 35.4 Å². The maximum atomic E-state index is 12.4. The highest BCUT2D eigenvalue weighted by atomic mass is 32.2. The van der Waals surface area contributed by atoms with E-state index in [4.69, 9.17) is 0 Å². The molecule has 4 heteroatoms. The average Bonchev–Trinajstić information content (AvgIpc) is 2.77. The summed E-state index contributed by atoms with van der Waals surface area (Å²) in [6, 6.07) is 8.44. The van der Waals surface area contributed by atoms with Crippen molar-refractivity contribution >= 4 is 17.7 Å². The first-order valence-corrected chi connectivity index (χ1v) is 8.68.